The van der Waals surface area contributed by atoms with Crippen LogP contribution in [0.1, 0.15) is 57.5 Å². The van der Waals surface area contributed by atoms with E-state index in [2.05, 4.69) is 5.32 Å². The van der Waals surface area contributed by atoms with Gasteiger partial charge in [0, 0.05) is 29.9 Å². The van der Waals surface area contributed by atoms with E-state index >= 15 is 0 Å². The number of amides is 2. The van der Waals surface area contributed by atoms with Crippen molar-refractivity contribution in [1.82, 2.24) is 4.90 Å². The summed E-state index contributed by atoms with van der Waals surface area (Å²) in [6.07, 6.45) is 4.47. The van der Waals surface area contributed by atoms with E-state index in [-0.39, 0.29) is 11.8 Å². The topological polar surface area (TPSA) is 49.4 Å². The Bertz CT molecular complexity index is 806. The minimum absolute atomic E-state index is 0.0216. The lowest BCUT2D eigenvalue weighted by Crippen LogP contribution is -2.32. The maximum Gasteiger partial charge on any atom is 0.255 e. The molecule has 0 aliphatic carbocycles. The van der Waals surface area contributed by atoms with Crippen LogP contribution in [0.2, 0.25) is 0 Å². The quantitative estimate of drug-likeness (QED) is 0.881. The van der Waals surface area contributed by atoms with Crippen LogP contribution in [0.15, 0.2) is 42.5 Å². The number of hydrogen-bond acceptors (Lipinski definition) is 2. The Labute approximate surface area is 155 Å². The number of nitrogens with zero attached hydrogens (tertiary/aromatic N) is 1. The molecule has 1 aliphatic rings. The van der Waals surface area contributed by atoms with Gasteiger partial charge < -0.3 is 10.2 Å². The normalized spacial score (nSPS) is 14.6. The van der Waals surface area contributed by atoms with E-state index in [1.54, 1.807) is 24.3 Å². The van der Waals surface area contributed by atoms with Gasteiger partial charge in [0.1, 0.15) is 0 Å². The summed E-state index contributed by atoms with van der Waals surface area (Å²) in [4.78, 5) is 27.3. The molecule has 1 saturated heterocycles. The zero-order chi connectivity index (χ0) is 18.5. The molecule has 1 N–H and O–H groups in total. The fourth-order valence-electron chi connectivity index (χ4n) is 3.33. The van der Waals surface area contributed by atoms with Crippen LogP contribution in [0.3, 0.4) is 0 Å². The average Bonchev–Trinajstić information content (AvgIpc) is 2.94. The Hall–Kier alpha value is -2.62. The van der Waals surface area contributed by atoms with Crippen molar-refractivity contribution >= 4 is 17.5 Å². The number of aryl methyl sites for hydroxylation is 1. The third-order valence-electron chi connectivity index (χ3n) is 5.12. The Kier molecular flexibility index (Phi) is 5.71. The maximum absolute atomic E-state index is 12.8. The van der Waals surface area contributed by atoms with Gasteiger partial charge in [-0.25, -0.2) is 0 Å². The monoisotopic (exact) mass is 350 g/mol. The third kappa shape index (κ3) is 4.13. The van der Waals surface area contributed by atoms with Crippen LogP contribution in [0, 0.1) is 13.8 Å². The number of likely N-dealkylation sites (tertiary alicyclic amines) is 1. The first kappa shape index (κ1) is 18.2. The molecule has 4 nitrogen and oxygen atoms in total. The van der Waals surface area contributed by atoms with E-state index in [0.717, 1.165) is 42.7 Å². The molecular formula is C22H26N2O2. The van der Waals surface area contributed by atoms with Crippen molar-refractivity contribution in [3.05, 3.63) is 64.7 Å². The van der Waals surface area contributed by atoms with Crippen LogP contribution < -0.4 is 5.32 Å². The number of rotatable bonds is 3. The molecule has 2 amide bonds. The van der Waals surface area contributed by atoms with Crippen LogP contribution in [0.5, 0.6) is 0 Å². The number of nitrogens with one attached hydrogen (secondary N) is 1. The minimum Gasteiger partial charge on any atom is -0.339 e. The van der Waals surface area contributed by atoms with Gasteiger partial charge in [-0.2, -0.15) is 0 Å². The maximum atomic E-state index is 12.8. The Morgan fingerprint density at radius 3 is 2.27 bits per heavy atom. The molecule has 0 radical (unpaired) electrons. The van der Waals surface area contributed by atoms with Gasteiger partial charge in [0.15, 0.2) is 0 Å². The van der Waals surface area contributed by atoms with Crippen molar-refractivity contribution in [2.24, 2.45) is 0 Å². The van der Waals surface area contributed by atoms with E-state index in [9.17, 15) is 9.59 Å². The predicted molar refractivity (Wildman–Crippen MR) is 105 cm³/mol. The van der Waals surface area contributed by atoms with Crippen molar-refractivity contribution in [1.29, 1.82) is 0 Å². The molecule has 3 rings (SSSR count). The van der Waals surface area contributed by atoms with Crippen LogP contribution in [-0.2, 0) is 0 Å². The lowest BCUT2D eigenvalue weighted by Gasteiger charge is -2.20. The molecule has 0 spiro atoms. The summed E-state index contributed by atoms with van der Waals surface area (Å²) in [5.74, 6) is -0.169. The lowest BCUT2D eigenvalue weighted by atomic mass is 10.1. The second kappa shape index (κ2) is 8.17. The smallest absolute Gasteiger partial charge is 0.255 e. The van der Waals surface area contributed by atoms with Crippen LogP contribution in [-0.4, -0.2) is 29.8 Å². The number of carbonyl (C=O) groups excluding carboxylic acids is 2. The van der Waals surface area contributed by atoms with E-state index in [1.807, 2.05) is 36.9 Å². The third-order valence-corrected chi connectivity index (χ3v) is 5.12. The summed E-state index contributed by atoms with van der Waals surface area (Å²) < 4.78 is 0. The van der Waals surface area contributed by atoms with Crippen LogP contribution >= 0.6 is 0 Å². The van der Waals surface area contributed by atoms with E-state index in [4.69, 9.17) is 0 Å². The number of carbonyl (C=O) groups is 2. The largest absolute Gasteiger partial charge is 0.339 e. The molecular weight excluding hydrogens is 324 g/mol. The number of anilines is 1. The van der Waals surface area contributed by atoms with Crippen molar-refractivity contribution in [2.75, 3.05) is 18.4 Å². The van der Waals surface area contributed by atoms with Gasteiger partial charge in [0.2, 0.25) is 0 Å². The van der Waals surface area contributed by atoms with Gasteiger partial charge in [0.05, 0.1) is 0 Å². The van der Waals surface area contributed by atoms with E-state index in [0.29, 0.717) is 11.1 Å². The van der Waals surface area contributed by atoms with Gasteiger partial charge in [0.25, 0.3) is 11.8 Å². The van der Waals surface area contributed by atoms with Gasteiger partial charge in [-0.3, -0.25) is 9.59 Å². The van der Waals surface area contributed by atoms with Crippen molar-refractivity contribution in [2.45, 2.75) is 39.5 Å². The van der Waals surface area contributed by atoms with Gasteiger partial charge >= 0.3 is 0 Å². The van der Waals surface area contributed by atoms with Gasteiger partial charge in [-0.1, -0.05) is 31.0 Å². The molecule has 0 unspecified atom stereocenters. The fourth-order valence-corrected chi connectivity index (χ4v) is 3.33. The zero-order valence-electron chi connectivity index (χ0n) is 15.5. The summed E-state index contributed by atoms with van der Waals surface area (Å²) in [6.45, 7) is 5.62. The molecule has 1 fully saturated rings. The number of benzene rings is 2. The van der Waals surface area contributed by atoms with Gasteiger partial charge in [-0.15, -0.1) is 0 Å². The molecule has 0 atom stereocenters. The van der Waals surface area contributed by atoms with Crippen LogP contribution in [0.25, 0.3) is 0 Å². The Morgan fingerprint density at radius 2 is 1.54 bits per heavy atom. The molecule has 2 aromatic rings. The molecule has 0 bridgehead atoms. The first-order chi connectivity index (χ1) is 12.6. The van der Waals surface area contributed by atoms with Crippen molar-refractivity contribution in [3.8, 4) is 0 Å². The predicted octanol–water partition coefficient (Wildman–Crippen LogP) is 4.57. The second-order valence-corrected chi connectivity index (χ2v) is 6.99. The van der Waals surface area contributed by atoms with Crippen LogP contribution in [0.4, 0.5) is 5.69 Å². The standard InChI is InChI=1S/C22H26N2O2/c1-16-9-7-12-20(17(16)2)23-21(25)18-10-8-11-19(15-18)22(26)24-13-5-3-4-6-14-24/h7-12,15H,3-6,13-14H2,1-2H3,(H,23,25). The SMILES string of the molecule is Cc1cccc(NC(=O)c2cccc(C(=O)N3CCCCCC3)c2)c1C. The highest BCUT2D eigenvalue weighted by atomic mass is 16.2. The Balaban J connectivity index is 1.76. The highest BCUT2D eigenvalue weighted by Crippen LogP contribution is 2.20. The summed E-state index contributed by atoms with van der Waals surface area (Å²) >= 11 is 0. The molecule has 4 heteroatoms. The summed E-state index contributed by atoms with van der Waals surface area (Å²) in [6, 6.07) is 12.9. The summed E-state index contributed by atoms with van der Waals surface area (Å²) in [5, 5.41) is 2.96. The van der Waals surface area contributed by atoms with Gasteiger partial charge in [-0.05, 0) is 62.1 Å². The fraction of sp³-hybridized carbons (Fsp3) is 0.364. The molecule has 0 saturated carbocycles. The summed E-state index contributed by atoms with van der Waals surface area (Å²) in [7, 11) is 0. The minimum atomic E-state index is -0.191. The summed E-state index contributed by atoms with van der Waals surface area (Å²) in [5.41, 5.74) is 4.08. The molecule has 26 heavy (non-hydrogen) atoms. The van der Waals surface area contributed by atoms with Crippen molar-refractivity contribution in [3.63, 3.8) is 0 Å². The zero-order valence-corrected chi connectivity index (χ0v) is 15.5. The number of hydrogen-bond donors (Lipinski definition) is 1. The first-order valence-corrected chi connectivity index (χ1v) is 9.33. The Morgan fingerprint density at radius 1 is 0.885 bits per heavy atom. The van der Waals surface area contributed by atoms with Crippen molar-refractivity contribution < 1.29 is 9.59 Å². The lowest BCUT2D eigenvalue weighted by molar-refractivity contribution is 0.0761. The molecule has 1 heterocycles. The highest BCUT2D eigenvalue weighted by molar-refractivity contribution is 6.06. The van der Waals surface area contributed by atoms with E-state index < -0.39 is 0 Å². The van der Waals surface area contributed by atoms with E-state index in [1.165, 1.54) is 12.8 Å². The molecule has 1 aliphatic heterocycles. The second-order valence-electron chi connectivity index (χ2n) is 6.99. The molecule has 2 aromatic carbocycles. The average molecular weight is 350 g/mol. The first-order valence-electron chi connectivity index (χ1n) is 9.33. The molecule has 0 aromatic heterocycles. The molecule has 136 valence electrons. The highest BCUT2D eigenvalue weighted by Gasteiger charge is 2.18.